The van der Waals surface area contributed by atoms with E-state index in [1.807, 2.05) is 0 Å². The Morgan fingerprint density at radius 1 is 1.08 bits per heavy atom. The standard InChI is InChI=1S/C6H12O6.CH2O3.Ca.ClH.K.H3O4P/c7-1-3(9)5(11)6(12)4(10)2-8;2-1(3)4;;;;1-5(2,3)4/h1,3-6,8-12H,2H2;(H2,2,3,4);;1H;;(H3,1,2,3,4)/q;;+2;;+1;/p-3. The third kappa shape index (κ3) is 39.2. The summed E-state index contributed by atoms with van der Waals surface area (Å²) in [5.41, 5.74) is 0. The molecule has 0 saturated carbocycles. The molecule has 0 rings (SSSR count). The van der Waals surface area contributed by atoms with Crippen LogP contribution in [0.3, 0.4) is 0 Å². The maximum Gasteiger partial charge on any atom is 2.00 e. The van der Waals surface area contributed by atoms with Crippen LogP contribution in [0.5, 0.6) is 0 Å². The Morgan fingerprint density at radius 2 is 1.33 bits per heavy atom. The van der Waals surface area contributed by atoms with Crippen molar-refractivity contribution in [3.63, 3.8) is 0 Å². The minimum absolute atomic E-state index is 0. The number of carboxylic acid groups (broad SMARTS) is 2. The van der Waals surface area contributed by atoms with Crippen molar-refractivity contribution in [3.05, 3.63) is 0 Å². The van der Waals surface area contributed by atoms with Crippen LogP contribution in [0, 0.1) is 0 Å². The molecule has 0 aromatic carbocycles. The van der Waals surface area contributed by atoms with E-state index in [1.165, 1.54) is 0 Å². The van der Waals surface area contributed by atoms with Crippen molar-refractivity contribution in [1.29, 1.82) is 0 Å². The Bertz CT molecular complexity index is 332. The van der Waals surface area contributed by atoms with E-state index in [9.17, 15) is 4.79 Å². The number of hydrogen-bond acceptors (Lipinski definition) is 10. The predicted octanol–water partition coefficient (Wildman–Crippen LogP) is -11.7. The van der Waals surface area contributed by atoms with E-state index in [-0.39, 0.29) is 108 Å². The molecular formula is C7H15CaClKO13P. The molecular weight excluding hydrogens is 438 g/mol. The quantitative estimate of drug-likeness (QED) is 0.109. The first kappa shape index (κ1) is 40.7. The van der Waals surface area contributed by atoms with Gasteiger partial charge in [0.15, 0.2) is 6.29 Å². The average molecular weight is 453 g/mol. The molecule has 0 aromatic heterocycles. The maximum atomic E-state index is 9.90. The second-order valence-electron chi connectivity index (χ2n) is 3.11. The van der Waals surface area contributed by atoms with Gasteiger partial charge >= 0.3 is 95.3 Å². The summed E-state index contributed by atoms with van der Waals surface area (Å²) in [6, 6.07) is 0. The molecule has 0 saturated heterocycles. The number of carbonyl (C=O) groups is 2. The summed E-state index contributed by atoms with van der Waals surface area (Å²) in [7, 11) is -5.14. The van der Waals surface area contributed by atoms with Gasteiger partial charge in [-0.2, -0.15) is 0 Å². The molecule has 8 N–H and O–H groups in total. The Kier molecular flexibility index (Phi) is 39.1. The number of aliphatic hydroxyl groups is 5. The number of phosphoric acid groups is 1. The number of carbonyl (C=O) groups excluding carboxylic acids is 1. The van der Waals surface area contributed by atoms with Crippen LogP contribution in [0.2, 0.25) is 0 Å². The van der Waals surface area contributed by atoms with Gasteiger partial charge in [-0.15, -0.1) is 0 Å². The monoisotopic (exact) mass is 452 g/mol. The second kappa shape index (κ2) is 23.1. The summed E-state index contributed by atoms with van der Waals surface area (Å²) in [5, 5.41) is 57.5. The molecule has 0 aliphatic heterocycles. The fourth-order valence-electron chi connectivity index (χ4n) is 0.618. The normalized spacial score (nSPS) is 14.0. The largest absolute Gasteiger partial charge is 2.00 e. The molecule has 0 heterocycles. The molecule has 4 unspecified atom stereocenters. The zero-order valence-corrected chi connectivity index (χ0v) is 19.2. The number of hydrogen-bond donors (Lipinski definition) is 8. The molecule has 4 atom stereocenters. The first-order valence-corrected chi connectivity index (χ1v) is 6.22. The molecule has 0 aromatic rings. The zero-order chi connectivity index (χ0) is 17.8. The van der Waals surface area contributed by atoms with E-state index in [0.717, 1.165) is 0 Å². The van der Waals surface area contributed by atoms with E-state index in [4.69, 9.17) is 59.8 Å². The predicted molar refractivity (Wildman–Crippen MR) is 63.4 cm³/mol. The second-order valence-corrected chi connectivity index (χ2v) is 4.05. The van der Waals surface area contributed by atoms with Gasteiger partial charge in [-0.1, -0.05) is 0 Å². The van der Waals surface area contributed by atoms with E-state index < -0.39 is 45.0 Å². The van der Waals surface area contributed by atoms with Gasteiger partial charge in [0.2, 0.25) is 0 Å². The molecule has 24 heavy (non-hydrogen) atoms. The number of aliphatic hydroxyl groups excluding tert-OH is 5. The molecule has 0 aliphatic rings. The summed E-state index contributed by atoms with van der Waals surface area (Å²) < 4.78 is 8.66. The summed E-state index contributed by atoms with van der Waals surface area (Å²) in [6.45, 7) is -0.760. The van der Waals surface area contributed by atoms with Gasteiger partial charge in [-0.3, -0.25) is 0 Å². The van der Waals surface area contributed by atoms with E-state index in [0.29, 0.717) is 0 Å². The number of rotatable bonds is 5. The summed E-state index contributed by atoms with van der Waals surface area (Å²) >= 11 is 0. The van der Waals surface area contributed by atoms with Crippen LogP contribution in [0.25, 0.3) is 0 Å². The number of aldehydes is 1. The SMILES string of the molecule is O=C(O)O.O=CC(O)C(O)C(O)C(O)CO.O=P([O-])([O-])O.[Ca+2].[Cl-].[K+]. The topological polar surface area (TPSA) is 259 Å². The minimum Gasteiger partial charge on any atom is -1.00 e. The summed E-state index contributed by atoms with van der Waals surface area (Å²) in [5.74, 6) is 0. The van der Waals surface area contributed by atoms with Crippen molar-refractivity contribution in [2.24, 2.45) is 0 Å². The van der Waals surface area contributed by atoms with Crippen LogP contribution in [-0.2, 0) is 9.36 Å². The molecule has 0 fully saturated rings. The fourth-order valence-corrected chi connectivity index (χ4v) is 0.618. The van der Waals surface area contributed by atoms with Crippen LogP contribution >= 0.6 is 7.82 Å². The minimum atomic E-state index is -5.14. The fraction of sp³-hybridized carbons (Fsp3) is 0.714. The van der Waals surface area contributed by atoms with Crippen molar-refractivity contribution in [3.8, 4) is 0 Å². The smallest absolute Gasteiger partial charge is 1.00 e. The van der Waals surface area contributed by atoms with Gasteiger partial charge in [0, 0.05) is 0 Å². The molecule has 0 spiro atoms. The van der Waals surface area contributed by atoms with Gasteiger partial charge in [0.1, 0.15) is 24.4 Å². The molecule has 136 valence electrons. The number of halogens is 1. The Hall–Kier alpha value is 2.04. The van der Waals surface area contributed by atoms with E-state index in [2.05, 4.69) is 0 Å². The third-order valence-electron chi connectivity index (χ3n) is 1.42. The Labute approximate surface area is 214 Å². The van der Waals surface area contributed by atoms with Gasteiger partial charge in [-0.05, 0) is 0 Å². The van der Waals surface area contributed by atoms with Crippen LogP contribution in [0.1, 0.15) is 0 Å². The van der Waals surface area contributed by atoms with E-state index in [1.54, 1.807) is 0 Å². The van der Waals surface area contributed by atoms with Crippen LogP contribution < -0.4 is 73.6 Å². The maximum absolute atomic E-state index is 9.90. The molecule has 0 radical (unpaired) electrons. The van der Waals surface area contributed by atoms with Crippen LogP contribution in [0.15, 0.2) is 0 Å². The van der Waals surface area contributed by atoms with Crippen LogP contribution in [-0.4, -0.2) is 122 Å². The van der Waals surface area contributed by atoms with Crippen molar-refractivity contribution >= 4 is 58.0 Å². The van der Waals surface area contributed by atoms with Crippen molar-refractivity contribution < 1.29 is 128 Å². The van der Waals surface area contributed by atoms with Gasteiger partial charge < -0.3 is 72.2 Å². The first-order chi connectivity index (χ1) is 9.27. The van der Waals surface area contributed by atoms with Crippen molar-refractivity contribution in [2.45, 2.75) is 24.4 Å². The van der Waals surface area contributed by atoms with Gasteiger partial charge in [0.25, 0.3) is 0 Å². The summed E-state index contributed by atoms with van der Waals surface area (Å²) in [6.07, 6.45) is -8.67. The molecule has 0 aliphatic carbocycles. The third-order valence-corrected chi connectivity index (χ3v) is 1.42. The Morgan fingerprint density at radius 3 is 1.50 bits per heavy atom. The zero-order valence-electron chi connectivity index (χ0n) is 12.2. The summed E-state index contributed by atoms with van der Waals surface area (Å²) in [4.78, 5) is 42.7. The van der Waals surface area contributed by atoms with Gasteiger partial charge in [0.05, 0.1) is 14.4 Å². The van der Waals surface area contributed by atoms with Crippen molar-refractivity contribution in [1.82, 2.24) is 0 Å². The van der Waals surface area contributed by atoms with E-state index >= 15 is 0 Å². The molecule has 17 heteroatoms. The van der Waals surface area contributed by atoms with Crippen molar-refractivity contribution in [2.75, 3.05) is 6.61 Å². The first-order valence-electron chi connectivity index (χ1n) is 4.73. The molecule has 0 bridgehead atoms. The van der Waals surface area contributed by atoms with Crippen LogP contribution in [0.4, 0.5) is 4.79 Å². The molecule has 13 nitrogen and oxygen atoms in total. The van der Waals surface area contributed by atoms with Gasteiger partial charge in [-0.25, -0.2) is 4.79 Å². The Balaban J connectivity index is -0.0000000575. The average Bonchev–Trinajstić information content (AvgIpc) is 2.32. The molecule has 0 amide bonds.